The van der Waals surface area contributed by atoms with Crippen molar-refractivity contribution < 1.29 is 0 Å². The molecule has 6 heteroatoms. The fraction of sp³-hybridized carbons (Fsp3) is 0.467. The summed E-state index contributed by atoms with van der Waals surface area (Å²) in [7, 11) is 0. The number of aromatic amines is 2. The summed E-state index contributed by atoms with van der Waals surface area (Å²) in [6.45, 7) is 4.82. The maximum absolute atomic E-state index is 11.6. The van der Waals surface area contributed by atoms with E-state index in [1.807, 2.05) is 6.92 Å². The van der Waals surface area contributed by atoms with Crippen molar-refractivity contribution in [3.05, 3.63) is 37.9 Å². The highest BCUT2D eigenvalue weighted by molar-refractivity contribution is 5.83. The molecule has 0 atom stereocenters. The van der Waals surface area contributed by atoms with Crippen molar-refractivity contribution >= 4 is 16.7 Å². The molecule has 0 saturated carbocycles. The van der Waals surface area contributed by atoms with Gasteiger partial charge in [-0.25, -0.2) is 0 Å². The maximum Gasteiger partial charge on any atom is 0.314 e. The molecule has 0 aliphatic carbocycles. The second-order valence-corrected chi connectivity index (χ2v) is 5.74. The van der Waals surface area contributed by atoms with E-state index in [4.69, 9.17) is 5.73 Å². The van der Waals surface area contributed by atoms with Gasteiger partial charge < -0.3 is 15.7 Å². The standard InChI is InChI=1S/C15H20N4O2/c1-9-10(8-19-5-3-2-4-6-19)13-12(7-11(9)16)17-14(20)15(21)18-13/h7H,2-6,8,16H2,1H3,(H,17,20)(H,18,21). The lowest BCUT2D eigenvalue weighted by Gasteiger charge is -2.27. The molecule has 0 radical (unpaired) electrons. The van der Waals surface area contributed by atoms with Crippen molar-refractivity contribution in [2.45, 2.75) is 32.7 Å². The molecule has 1 fully saturated rings. The highest BCUT2D eigenvalue weighted by Gasteiger charge is 2.16. The zero-order valence-electron chi connectivity index (χ0n) is 12.2. The average Bonchev–Trinajstić information content (AvgIpc) is 2.47. The molecule has 1 saturated heterocycles. The van der Waals surface area contributed by atoms with Gasteiger partial charge in [0.05, 0.1) is 11.0 Å². The van der Waals surface area contributed by atoms with E-state index in [1.165, 1.54) is 19.3 Å². The first-order chi connectivity index (χ1) is 10.1. The minimum atomic E-state index is -0.644. The number of rotatable bonds is 2. The van der Waals surface area contributed by atoms with Gasteiger partial charge in [0.2, 0.25) is 0 Å². The quantitative estimate of drug-likeness (QED) is 0.569. The van der Waals surface area contributed by atoms with Crippen LogP contribution in [0.3, 0.4) is 0 Å². The third kappa shape index (κ3) is 2.58. The van der Waals surface area contributed by atoms with Crippen molar-refractivity contribution in [3.63, 3.8) is 0 Å². The van der Waals surface area contributed by atoms with E-state index in [1.54, 1.807) is 6.07 Å². The number of nitrogens with one attached hydrogen (secondary N) is 2. The molecule has 0 bridgehead atoms. The SMILES string of the molecule is Cc1c(N)cc2[nH]c(=O)c(=O)[nH]c2c1CN1CCCCC1. The molecule has 112 valence electrons. The zero-order chi connectivity index (χ0) is 15.0. The van der Waals surface area contributed by atoms with Crippen molar-refractivity contribution in [2.24, 2.45) is 0 Å². The predicted octanol–water partition coefficient (Wildman–Crippen LogP) is 1.09. The third-order valence-corrected chi connectivity index (χ3v) is 4.28. The van der Waals surface area contributed by atoms with Crippen LogP contribution in [0.1, 0.15) is 30.4 Å². The Balaban J connectivity index is 2.14. The Hall–Kier alpha value is -2.08. The lowest BCUT2D eigenvalue weighted by atomic mass is 10.0. The molecule has 3 rings (SSSR count). The van der Waals surface area contributed by atoms with Crippen LogP contribution in [-0.4, -0.2) is 28.0 Å². The Morgan fingerprint density at radius 2 is 1.81 bits per heavy atom. The van der Waals surface area contributed by atoms with Crippen molar-refractivity contribution in [1.29, 1.82) is 0 Å². The molecule has 0 unspecified atom stereocenters. The molecule has 1 aromatic heterocycles. The largest absolute Gasteiger partial charge is 0.398 e. The summed E-state index contributed by atoms with van der Waals surface area (Å²) in [5.41, 5.74) is 8.67. The Kier molecular flexibility index (Phi) is 3.55. The van der Waals surface area contributed by atoms with E-state index in [-0.39, 0.29) is 0 Å². The van der Waals surface area contributed by atoms with Gasteiger partial charge in [0.1, 0.15) is 0 Å². The maximum atomic E-state index is 11.6. The van der Waals surface area contributed by atoms with Gasteiger partial charge in [0.15, 0.2) is 0 Å². The summed E-state index contributed by atoms with van der Waals surface area (Å²) < 4.78 is 0. The Morgan fingerprint density at radius 1 is 1.14 bits per heavy atom. The van der Waals surface area contributed by atoms with E-state index in [0.717, 1.165) is 30.8 Å². The number of piperidine rings is 1. The fourth-order valence-electron chi connectivity index (χ4n) is 2.99. The summed E-state index contributed by atoms with van der Waals surface area (Å²) in [5, 5.41) is 0. The molecule has 0 spiro atoms. The Morgan fingerprint density at radius 3 is 2.52 bits per heavy atom. The molecule has 1 aliphatic rings. The van der Waals surface area contributed by atoms with Gasteiger partial charge in [-0.1, -0.05) is 6.42 Å². The topological polar surface area (TPSA) is 95.0 Å². The second-order valence-electron chi connectivity index (χ2n) is 5.74. The van der Waals surface area contributed by atoms with Crippen LogP contribution in [-0.2, 0) is 6.54 Å². The lowest BCUT2D eigenvalue weighted by Crippen LogP contribution is -2.32. The number of hydrogen-bond acceptors (Lipinski definition) is 4. The number of nitrogens with two attached hydrogens (primary N) is 1. The summed E-state index contributed by atoms with van der Waals surface area (Å²) in [4.78, 5) is 30.8. The minimum Gasteiger partial charge on any atom is -0.398 e. The molecule has 0 amide bonds. The van der Waals surface area contributed by atoms with E-state index >= 15 is 0 Å². The summed E-state index contributed by atoms with van der Waals surface area (Å²) >= 11 is 0. The van der Waals surface area contributed by atoms with Crippen LogP contribution in [0.15, 0.2) is 15.7 Å². The van der Waals surface area contributed by atoms with Crippen molar-refractivity contribution in [2.75, 3.05) is 18.8 Å². The molecule has 4 N–H and O–H groups in total. The number of aromatic nitrogens is 2. The first kappa shape index (κ1) is 13.9. The number of anilines is 1. The number of fused-ring (bicyclic) bond motifs is 1. The number of benzene rings is 1. The van der Waals surface area contributed by atoms with E-state index in [9.17, 15) is 9.59 Å². The van der Waals surface area contributed by atoms with Crippen molar-refractivity contribution in [1.82, 2.24) is 14.9 Å². The van der Waals surface area contributed by atoms with E-state index in [0.29, 0.717) is 16.7 Å². The molecule has 21 heavy (non-hydrogen) atoms. The molecule has 2 heterocycles. The van der Waals surface area contributed by atoms with Gasteiger partial charge in [-0.3, -0.25) is 14.5 Å². The lowest BCUT2D eigenvalue weighted by molar-refractivity contribution is 0.221. The molecule has 2 aromatic rings. The number of H-pyrrole nitrogens is 2. The molecular weight excluding hydrogens is 268 g/mol. The first-order valence-electron chi connectivity index (χ1n) is 7.33. The van der Waals surface area contributed by atoms with Crippen LogP contribution < -0.4 is 16.9 Å². The van der Waals surface area contributed by atoms with Gasteiger partial charge in [-0.05, 0) is 50.0 Å². The fourth-order valence-corrected chi connectivity index (χ4v) is 2.99. The van der Waals surface area contributed by atoms with E-state index in [2.05, 4.69) is 14.9 Å². The highest BCUT2D eigenvalue weighted by Crippen LogP contribution is 2.25. The normalized spacial score (nSPS) is 16.4. The Labute approximate surface area is 122 Å². The smallest absolute Gasteiger partial charge is 0.314 e. The second kappa shape index (κ2) is 5.37. The van der Waals surface area contributed by atoms with Crippen LogP contribution in [0.4, 0.5) is 5.69 Å². The summed E-state index contributed by atoms with van der Waals surface area (Å²) in [6.07, 6.45) is 3.68. The molecule has 1 aliphatic heterocycles. The number of hydrogen-bond donors (Lipinski definition) is 3. The average molecular weight is 288 g/mol. The van der Waals surface area contributed by atoms with Crippen molar-refractivity contribution in [3.8, 4) is 0 Å². The van der Waals surface area contributed by atoms with Gasteiger partial charge in [0.25, 0.3) is 0 Å². The minimum absolute atomic E-state index is 0.592. The number of nitrogens with zero attached hydrogens (tertiary/aromatic N) is 1. The van der Waals surface area contributed by atoms with Crippen LogP contribution in [0.2, 0.25) is 0 Å². The molecular formula is C15H20N4O2. The van der Waals surface area contributed by atoms with Crippen LogP contribution in [0.25, 0.3) is 11.0 Å². The van der Waals surface area contributed by atoms with Gasteiger partial charge in [0, 0.05) is 12.2 Å². The van der Waals surface area contributed by atoms with Crippen LogP contribution >= 0.6 is 0 Å². The Bertz CT molecular complexity index is 785. The predicted molar refractivity (Wildman–Crippen MR) is 83.5 cm³/mol. The van der Waals surface area contributed by atoms with Gasteiger partial charge >= 0.3 is 11.1 Å². The van der Waals surface area contributed by atoms with Crippen LogP contribution in [0.5, 0.6) is 0 Å². The molecule has 1 aromatic carbocycles. The molecule has 6 nitrogen and oxygen atoms in total. The highest BCUT2D eigenvalue weighted by atomic mass is 16.2. The third-order valence-electron chi connectivity index (χ3n) is 4.28. The first-order valence-corrected chi connectivity index (χ1v) is 7.33. The zero-order valence-corrected chi connectivity index (χ0v) is 12.2. The number of nitrogen functional groups attached to an aromatic ring is 1. The monoisotopic (exact) mass is 288 g/mol. The van der Waals surface area contributed by atoms with Gasteiger partial charge in [-0.2, -0.15) is 0 Å². The number of likely N-dealkylation sites (tertiary alicyclic amines) is 1. The van der Waals surface area contributed by atoms with Crippen LogP contribution in [0, 0.1) is 6.92 Å². The summed E-state index contributed by atoms with van der Waals surface area (Å²) in [6, 6.07) is 1.71. The van der Waals surface area contributed by atoms with E-state index < -0.39 is 11.1 Å². The summed E-state index contributed by atoms with van der Waals surface area (Å²) in [5.74, 6) is 0. The van der Waals surface area contributed by atoms with Gasteiger partial charge in [-0.15, -0.1) is 0 Å².